The van der Waals surface area contributed by atoms with Gasteiger partial charge in [0.15, 0.2) is 0 Å². The average molecular weight is 632 g/mol. The number of anilines is 4. The molecule has 1 aliphatic heterocycles. The lowest BCUT2D eigenvalue weighted by molar-refractivity contribution is -0.111. The van der Waals surface area contributed by atoms with Gasteiger partial charge in [-0.15, -0.1) is 0 Å². The van der Waals surface area contributed by atoms with Gasteiger partial charge in [-0.1, -0.05) is 29.8 Å². The highest BCUT2D eigenvalue weighted by molar-refractivity contribution is 6.39. The van der Waals surface area contributed by atoms with Crippen LogP contribution in [0.1, 0.15) is 23.6 Å². The van der Waals surface area contributed by atoms with Crippen molar-refractivity contribution in [2.24, 2.45) is 0 Å². The molecule has 13 heteroatoms. The maximum atomic E-state index is 15.4. The molecular weight excluding hydrogens is 598 g/mol. The fourth-order valence-corrected chi connectivity index (χ4v) is 5.34. The van der Waals surface area contributed by atoms with E-state index in [-0.39, 0.29) is 39.0 Å². The molecule has 43 heavy (non-hydrogen) atoms. The second kappa shape index (κ2) is 14.0. The van der Waals surface area contributed by atoms with Crippen LogP contribution in [0, 0.1) is 6.92 Å². The van der Waals surface area contributed by atoms with Crippen LogP contribution < -0.4 is 25.0 Å². The lowest BCUT2D eigenvalue weighted by atomic mass is 10.1. The number of carbonyl (C=O) groups excluding carboxylic acids is 1. The molecule has 1 aliphatic rings. The topological polar surface area (TPSA) is 112 Å². The third-order valence-corrected chi connectivity index (χ3v) is 7.74. The molecule has 0 saturated carbocycles. The molecule has 2 heterocycles. The summed E-state index contributed by atoms with van der Waals surface area (Å²) in [6, 6.07) is 5.35. The largest absolute Gasteiger partial charge is 0.495 e. The van der Waals surface area contributed by atoms with Crippen molar-refractivity contribution in [1.82, 2.24) is 14.9 Å². The number of ether oxygens (including phenoxy) is 2. The lowest BCUT2D eigenvalue weighted by Crippen LogP contribution is -2.49. The molecule has 0 radical (unpaired) electrons. The van der Waals surface area contributed by atoms with Gasteiger partial charge in [-0.2, -0.15) is 0 Å². The minimum absolute atomic E-state index is 0.000822. The first-order chi connectivity index (χ1) is 20.6. The Labute approximate surface area is 259 Å². The van der Waals surface area contributed by atoms with Crippen LogP contribution in [0.5, 0.6) is 11.5 Å². The standard InChI is InChI=1S/C30H33Cl2FN6O4/c1-6-25(41)36-22-13-20(39-9-7-38(8-10-39)18(3)40)11-17(2)29(22)37-30-34-15-19(16-35-30)12-21(33)26-27(31)23(42-4)14-24(43-5)28(26)32/h6,11-16,18,40H,1,7-10H2,2-5H3,(H,36,41)(H,34,35,37)/b21-12-. The zero-order valence-electron chi connectivity index (χ0n) is 24.2. The van der Waals surface area contributed by atoms with Crippen molar-refractivity contribution in [3.05, 3.63) is 70.0 Å². The maximum absolute atomic E-state index is 15.4. The van der Waals surface area contributed by atoms with Gasteiger partial charge in [-0.05, 0) is 43.7 Å². The molecule has 1 unspecified atom stereocenters. The monoisotopic (exact) mass is 630 g/mol. The number of amides is 1. The molecule has 0 bridgehead atoms. The van der Waals surface area contributed by atoms with Gasteiger partial charge in [0.05, 0.1) is 41.2 Å². The normalized spacial score (nSPS) is 14.7. The van der Waals surface area contributed by atoms with E-state index in [1.54, 1.807) is 6.92 Å². The Kier molecular flexibility index (Phi) is 10.5. The number of methoxy groups -OCH3 is 2. The van der Waals surface area contributed by atoms with Gasteiger partial charge in [0.1, 0.15) is 23.6 Å². The fourth-order valence-electron chi connectivity index (χ4n) is 4.66. The Bertz CT molecular complexity index is 1500. The van der Waals surface area contributed by atoms with Crippen LogP contribution in [0.2, 0.25) is 10.0 Å². The van der Waals surface area contributed by atoms with E-state index in [4.69, 9.17) is 32.7 Å². The molecule has 10 nitrogen and oxygen atoms in total. The number of nitrogens with zero attached hydrogens (tertiary/aromatic N) is 4. The van der Waals surface area contributed by atoms with E-state index in [0.29, 0.717) is 30.0 Å². The molecule has 228 valence electrons. The van der Waals surface area contributed by atoms with Gasteiger partial charge in [0, 0.05) is 55.9 Å². The number of hydrogen-bond donors (Lipinski definition) is 3. The Morgan fingerprint density at radius 3 is 2.23 bits per heavy atom. The third-order valence-electron chi connectivity index (χ3n) is 6.99. The Morgan fingerprint density at radius 2 is 1.70 bits per heavy atom. The van der Waals surface area contributed by atoms with Crippen molar-refractivity contribution < 1.29 is 23.8 Å². The SMILES string of the molecule is C=CC(=O)Nc1cc(N2CCN(C(C)O)CC2)cc(C)c1Nc1ncc(/C=C(\F)c2c(Cl)c(OC)cc(OC)c2Cl)cn1. The predicted octanol–water partition coefficient (Wildman–Crippen LogP) is 5.91. The molecule has 0 spiro atoms. The van der Waals surface area contributed by atoms with Gasteiger partial charge in [-0.3, -0.25) is 9.69 Å². The molecule has 1 atom stereocenters. The van der Waals surface area contributed by atoms with Crippen LogP contribution in [0.4, 0.5) is 27.4 Å². The Hall–Kier alpha value is -3.90. The summed E-state index contributed by atoms with van der Waals surface area (Å²) in [5, 5.41) is 15.9. The van der Waals surface area contributed by atoms with E-state index < -0.39 is 12.1 Å². The maximum Gasteiger partial charge on any atom is 0.247 e. The Balaban J connectivity index is 1.59. The van der Waals surface area contributed by atoms with E-state index >= 15 is 4.39 Å². The summed E-state index contributed by atoms with van der Waals surface area (Å²) in [4.78, 5) is 25.1. The zero-order valence-corrected chi connectivity index (χ0v) is 25.8. The highest BCUT2D eigenvalue weighted by Gasteiger charge is 2.23. The number of aromatic nitrogens is 2. The quantitative estimate of drug-likeness (QED) is 0.235. The number of benzene rings is 2. The number of nitrogens with one attached hydrogen (secondary N) is 2. The van der Waals surface area contributed by atoms with Crippen LogP contribution in [0.25, 0.3) is 11.9 Å². The van der Waals surface area contributed by atoms with E-state index in [9.17, 15) is 9.90 Å². The zero-order chi connectivity index (χ0) is 31.3. The second-order valence-corrected chi connectivity index (χ2v) is 10.5. The smallest absolute Gasteiger partial charge is 0.247 e. The van der Waals surface area contributed by atoms with Crippen LogP contribution in [0.3, 0.4) is 0 Å². The van der Waals surface area contributed by atoms with Crippen LogP contribution in [-0.4, -0.2) is 72.5 Å². The van der Waals surface area contributed by atoms with Gasteiger partial charge >= 0.3 is 0 Å². The van der Waals surface area contributed by atoms with Crippen LogP contribution in [0.15, 0.2) is 43.2 Å². The minimum atomic E-state index is -0.730. The third kappa shape index (κ3) is 7.37. The van der Waals surface area contributed by atoms with Crippen LogP contribution >= 0.6 is 23.2 Å². The molecule has 1 amide bonds. The van der Waals surface area contributed by atoms with Crippen molar-refractivity contribution in [2.45, 2.75) is 20.1 Å². The first kappa shape index (κ1) is 32.0. The van der Waals surface area contributed by atoms with Gasteiger partial charge in [-0.25, -0.2) is 14.4 Å². The minimum Gasteiger partial charge on any atom is -0.495 e. The summed E-state index contributed by atoms with van der Waals surface area (Å²) < 4.78 is 25.8. The summed E-state index contributed by atoms with van der Waals surface area (Å²) in [6.45, 7) is 10.1. The van der Waals surface area contributed by atoms with E-state index in [1.807, 2.05) is 24.0 Å². The number of halogens is 3. The molecule has 1 aromatic heterocycles. The highest BCUT2D eigenvalue weighted by Crippen LogP contribution is 2.44. The molecule has 1 saturated heterocycles. The van der Waals surface area contributed by atoms with E-state index in [2.05, 4.69) is 32.1 Å². The number of rotatable bonds is 10. The summed E-state index contributed by atoms with van der Waals surface area (Å²) in [5.74, 6) is -0.458. The average Bonchev–Trinajstić information content (AvgIpc) is 2.99. The van der Waals surface area contributed by atoms with E-state index in [0.717, 1.165) is 24.3 Å². The summed E-state index contributed by atoms with van der Waals surface area (Å²) in [7, 11) is 2.81. The molecule has 1 fully saturated rings. The van der Waals surface area contributed by atoms with Crippen molar-refractivity contribution >= 4 is 64.0 Å². The Morgan fingerprint density at radius 1 is 1.09 bits per heavy atom. The predicted molar refractivity (Wildman–Crippen MR) is 169 cm³/mol. The number of hydrogen-bond acceptors (Lipinski definition) is 9. The van der Waals surface area contributed by atoms with Gasteiger partial charge < -0.3 is 30.1 Å². The first-order valence-electron chi connectivity index (χ1n) is 13.4. The van der Waals surface area contributed by atoms with Crippen molar-refractivity contribution in [3.8, 4) is 11.5 Å². The number of aliphatic hydroxyl groups excluding tert-OH is 1. The molecule has 3 N–H and O–H groups in total. The van der Waals surface area contributed by atoms with Crippen molar-refractivity contribution in [3.63, 3.8) is 0 Å². The lowest BCUT2D eigenvalue weighted by Gasteiger charge is -2.37. The number of carbonyl (C=O) groups is 1. The van der Waals surface area contributed by atoms with Gasteiger partial charge in [0.2, 0.25) is 11.9 Å². The number of aliphatic hydroxyl groups is 1. The second-order valence-electron chi connectivity index (χ2n) is 9.77. The highest BCUT2D eigenvalue weighted by atomic mass is 35.5. The van der Waals surface area contributed by atoms with Crippen molar-refractivity contribution in [2.75, 3.05) is 55.9 Å². The molecule has 2 aromatic carbocycles. The summed E-state index contributed by atoms with van der Waals surface area (Å²) in [5.41, 5.74) is 3.15. The van der Waals surface area contributed by atoms with Crippen LogP contribution in [-0.2, 0) is 4.79 Å². The van der Waals surface area contributed by atoms with Crippen molar-refractivity contribution in [1.29, 1.82) is 0 Å². The summed E-state index contributed by atoms with van der Waals surface area (Å²) in [6.07, 6.45) is 4.75. The fraction of sp³-hybridized carbons (Fsp3) is 0.300. The number of aryl methyl sites for hydroxylation is 1. The molecule has 0 aliphatic carbocycles. The number of piperazine rings is 1. The molecule has 3 aromatic rings. The molecular formula is C30H33Cl2FN6O4. The van der Waals surface area contributed by atoms with Gasteiger partial charge in [0.25, 0.3) is 0 Å². The summed E-state index contributed by atoms with van der Waals surface area (Å²) >= 11 is 12.7. The first-order valence-corrected chi connectivity index (χ1v) is 14.1. The van der Waals surface area contributed by atoms with E-state index in [1.165, 1.54) is 44.8 Å². The molecule has 4 rings (SSSR count).